The third-order valence-electron chi connectivity index (χ3n) is 2.79. The lowest BCUT2D eigenvalue weighted by molar-refractivity contribution is 0.465. The maximum atomic E-state index is 5.66. The van der Waals surface area contributed by atoms with Crippen molar-refractivity contribution in [2.24, 2.45) is 17.4 Å². The van der Waals surface area contributed by atoms with E-state index in [9.17, 15) is 0 Å². The van der Waals surface area contributed by atoms with Crippen molar-refractivity contribution in [2.45, 2.75) is 19.3 Å². The molecule has 1 aromatic rings. The van der Waals surface area contributed by atoms with Gasteiger partial charge in [0.1, 0.15) is 0 Å². The molecule has 15 heavy (non-hydrogen) atoms. The minimum atomic E-state index is 0.423. The highest BCUT2D eigenvalue weighted by Gasteiger charge is 2.13. The van der Waals surface area contributed by atoms with Crippen molar-refractivity contribution >= 4 is 15.9 Å². The molecule has 4 N–H and O–H groups in total. The third-order valence-corrected chi connectivity index (χ3v) is 3.51. The fourth-order valence-electron chi connectivity index (χ4n) is 1.79. The Hall–Kier alpha value is -0.380. The standard InChI is InChI=1S/C12H19BrN2/c1-9(6-10(7-14)8-15)11-4-2-3-5-12(11)13/h2-5,9-10H,6-8,14-15H2,1H3. The fourth-order valence-corrected chi connectivity index (χ4v) is 2.47. The van der Waals surface area contributed by atoms with E-state index in [-0.39, 0.29) is 0 Å². The lowest BCUT2D eigenvalue weighted by Gasteiger charge is -2.19. The first kappa shape index (κ1) is 12.7. The van der Waals surface area contributed by atoms with Crippen molar-refractivity contribution in [1.29, 1.82) is 0 Å². The molecule has 1 unspecified atom stereocenters. The number of hydrogen-bond donors (Lipinski definition) is 2. The second-order valence-electron chi connectivity index (χ2n) is 4.00. The number of hydrogen-bond acceptors (Lipinski definition) is 2. The minimum absolute atomic E-state index is 0.423. The van der Waals surface area contributed by atoms with Gasteiger partial charge in [0.15, 0.2) is 0 Å². The quantitative estimate of drug-likeness (QED) is 0.864. The molecule has 0 bridgehead atoms. The van der Waals surface area contributed by atoms with Crippen LogP contribution in [0.5, 0.6) is 0 Å². The maximum absolute atomic E-state index is 5.66. The van der Waals surface area contributed by atoms with Gasteiger partial charge in [-0.25, -0.2) is 0 Å². The molecule has 84 valence electrons. The maximum Gasteiger partial charge on any atom is 0.0210 e. The predicted octanol–water partition coefficient (Wildman–Crippen LogP) is 2.48. The van der Waals surface area contributed by atoms with Gasteiger partial charge in [-0.05, 0) is 43.0 Å². The van der Waals surface area contributed by atoms with Gasteiger partial charge in [0, 0.05) is 4.47 Å². The Balaban J connectivity index is 2.68. The SMILES string of the molecule is CC(CC(CN)CN)c1ccccc1Br. The van der Waals surface area contributed by atoms with E-state index in [2.05, 4.69) is 41.1 Å². The molecule has 0 saturated heterocycles. The Kier molecular flexibility index (Phi) is 5.29. The molecule has 0 aliphatic heterocycles. The predicted molar refractivity (Wildman–Crippen MR) is 68.8 cm³/mol. The zero-order chi connectivity index (χ0) is 11.3. The smallest absolute Gasteiger partial charge is 0.0210 e. The van der Waals surface area contributed by atoms with Crippen LogP contribution in [0.4, 0.5) is 0 Å². The highest BCUT2D eigenvalue weighted by atomic mass is 79.9. The molecule has 0 aromatic heterocycles. The van der Waals surface area contributed by atoms with Gasteiger partial charge >= 0.3 is 0 Å². The van der Waals surface area contributed by atoms with Gasteiger partial charge in [0.25, 0.3) is 0 Å². The van der Waals surface area contributed by atoms with E-state index in [1.54, 1.807) is 0 Å². The second kappa shape index (κ2) is 6.26. The molecule has 0 radical (unpaired) electrons. The summed E-state index contributed by atoms with van der Waals surface area (Å²) in [4.78, 5) is 0. The van der Waals surface area contributed by atoms with Crippen LogP contribution in [-0.2, 0) is 0 Å². The molecule has 3 heteroatoms. The van der Waals surface area contributed by atoms with Crippen LogP contribution in [0.2, 0.25) is 0 Å². The first-order valence-corrected chi connectivity index (χ1v) is 6.12. The van der Waals surface area contributed by atoms with Gasteiger partial charge in [0.05, 0.1) is 0 Å². The topological polar surface area (TPSA) is 52.0 Å². The summed E-state index contributed by atoms with van der Waals surface area (Å²) in [5.41, 5.74) is 12.6. The van der Waals surface area contributed by atoms with E-state index in [0.29, 0.717) is 24.9 Å². The summed E-state index contributed by atoms with van der Waals surface area (Å²) >= 11 is 3.57. The van der Waals surface area contributed by atoms with Crippen molar-refractivity contribution in [1.82, 2.24) is 0 Å². The van der Waals surface area contributed by atoms with Crippen LogP contribution in [0, 0.1) is 5.92 Å². The highest BCUT2D eigenvalue weighted by molar-refractivity contribution is 9.10. The lowest BCUT2D eigenvalue weighted by Crippen LogP contribution is -2.24. The van der Waals surface area contributed by atoms with Gasteiger partial charge < -0.3 is 11.5 Å². The Bertz CT molecular complexity index is 297. The minimum Gasteiger partial charge on any atom is -0.330 e. The molecule has 0 amide bonds. The molecule has 0 aliphatic carbocycles. The van der Waals surface area contributed by atoms with Gasteiger partial charge in [-0.2, -0.15) is 0 Å². The van der Waals surface area contributed by atoms with E-state index < -0.39 is 0 Å². The van der Waals surface area contributed by atoms with Crippen molar-refractivity contribution in [3.63, 3.8) is 0 Å². The molecule has 0 fully saturated rings. The monoisotopic (exact) mass is 270 g/mol. The summed E-state index contributed by atoms with van der Waals surface area (Å²) in [6.07, 6.45) is 1.05. The fraction of sp³-hybridized carbons (Fsp3) is 0.500. The van der Waals surface area contributed by atoms with Crippen molar-refractivity contribution < 1.29 is 0 Å². The van der Waals surface area contributed by atoms with E-state index >= 15 is 0 Å². The third kappa shape index (κ3) is 3.59. The van der Waals surface area contributed by atoms with E-state index in [0.717, 1.165) is 6.42 Å². The van der Waals surface area contributed by atoms with Crippen molar-refractivity contribution in [3.8, 4) is 0 Å². The highest BCUT2D eigenvalue weighted by Crippen LogP contribution is 2.28. The largest absolute Gasteiger partial charge is 0.330 e. The van der Waals surface area contributed by atoms with Crippen LogP contribution < -0.4 is 11.5 Å². The molecule has 1 rings (SSSR count). The van der Waals surface area contributed by atoms with Crippen LogP contribution in [-0.4, -0.2) is 13.1 Å². The summed E-state index contributed by atoms with van der Waals surface area (Å²) in [5, 5.41) is 0. The zero-order valence-corrected chi connectivity index (χ0v) is 10.7. The van der Waals surface area contributed by atoms with Gasteiger partial charge in [-0.15, -0.1) is 0 Å². The van der Waals surface area contributed by atoms with Crippen LogP contribution in [0.3, 0.4) is 0 Å². The van der Waals surface area contributed by atoms with Gasteiger partial charge in [-0.1, -0.05) is 41.1 Å². The number of rotatable bonds is 5. The van der Waals surface area contributed by atoms with Crippen LogP contribution in [0.1, 0.15) is 24.8 Å². The van der Waals surface area contributed by atoms with E-state index in [1.807, 2.05) is 6.07 Å². The van der Waals surface area contributed by atoms with Crippen LogP contribution in [0.25, 0.3) is 0 Å². The van der Waals surface area contributed by atoms with Crippen LogP contribution in [0.15, 0.2) is 28.7 Å². The van der Waals surface area contributed by atoms with E-state index in [4.69, 9.17) is 11.5 Å². The molecule has 0 saturated carbocycles. The first-order valence-electron chi connectivity index (χ1n) is 5.33. The Labute approximate surface area is 100 Å². The molecule has 0 heterocycles. The van der Waals surface area contributed by atoms with Crippen molar-refractivity contribution in [2.75, 3.05) is 13.1 Å². The molecule has 0 aliphatic rings. The molecule has 1 aromatic carbocycles. The summed E-state index contributed by atoms with van der Waals surface area (Å²) in [6.45, 7) is 3.56. The second-order valence-corrected chi connectivity index (χ2v) is 4.85. The zero-order valence-electron chi connectivity index (χ0n) is 9.12. The Morgan fingerprint density at radius 3 is 2.33 bits per heavy atom. The normalized spacial score (nSPS) is 13.1. The van der Waals surface area contributed by atoms with E-state index in [1.165, 1.54) is 10.0 Å². The molecule has 2 nitrogen and oxygen atoms in total. The summed E-state index contributed by atoms with van der Waals surface area (Å²) < 4.78 is 1.17. The first-order chi connectivity index (χ1) is 7.19. The lowest BCUT2D eigenvalue weighted by atomic mass is 9.90. The number of halogens is 1. The van der Waals surface area contributed by atoms with Gasteiger partial charge in [0.2, 0.25) is 0 Å². The van der Waals surface area contributed by atoms with Gasteiger partial charge in [-0.3, -0.25) is 0 Å². The number of nitrogens with two attached hydrogens (primary N) is 2. The summed E-state index contributed by atoms with van der Waals surface area (Å²) in [5.74, 6) is 0.921. The summed E-state index contributed by atoms with van der Waals surface area (Å²) in [7, 11) is 0. The average molecular weight is 271 g/mol. The Morgan fingerprint density at radius 2 is 1.80 bits per heavy atom. The molecule has 1 atom stereocenters. The van der Waals surface area contributed by atoms with Crippen molar-refractivity contribution in [3.05, 3.63) is 34.3 Å². The average Bonchev–Trinajstić information content (AvgIpc) is 2.26. The Morgan fingerprint density at radius 1 is 1.20 bits per heavy atom. The summed E-state index contributed by atoms with van der Waals surface area (Å²) in [6, 6.07) is 8.32. The number of benzene rings is 1. The molecular weight excluding hydrogens is 252 g/mol. The molecule has 0 spiro atoms. The van der Waals surface area contributed by atoms with Crippen LogP contribution >= 0.6 is 15.9 Å². The molecular formula is C12H19BrN2.